The van der Waals surface area contributed by atoms with E-state index in [2.05, 4.69) is 0 Å². The molecule has 0 aromatic rings. The molecule has 4 heteroatoms. The largest absolute Gasteiger partial charge is 0.772 e. The van der Waals surface area contributed by atoms with Crippen molar-refractivity contribution in [2.75, 3.05) is 5.75 Å². The highest BCUT2D eigenvalue weighted by Gasteiger charge is 2.42. The Hall–Kier alpha value is -0.400. The molecule has 1 aliphatic rings. The Morgan fingerprint density at radius 3 is 2.60 bits per heavy atom. The Bertz CT molecular complexity index is 192. The fraction of sp³-hybridized carbons (Fsp3) is 0.833. The topological polar surface area (TPSA) is 63.9 Å². The molecule has 0 heterocycles. The average molecular weight is 158 g/mol. The van der Waals surface area contributed by atoms with Gasteiger partial charge in [0, 0.05) is 12.2 Å². The summed E-state index contributed by atoms with van der Waals surface area (Å²) >= 11 is -1.98. The summed E-state index contributed by atoms with van der Waals surface area (Å²) in [6.07, 6.45) is 2.18. The maximum absolute atomic E-state index is 10.2. The van der Waals surface area contributed by atoms with Gasteiger partial charge in [0.05, 0.1) is 6.07 Å². The van der Waals surface area contributed by atoms with Crippen molar-refractivity contribution >= 4 is 11.1 Å². The summed E-state index contributed by atoms with van der Waals surface area (Å²) in [6.45, 7) is 0. The summed E-state index contributed by atoms with van der Waals surface area (Å²) < 4.78 is 20.4. The molecule has 0 bridgehead atoms. The summed E-state index contributed by atoms with van der Waals surface area (Å²) in [6, 6.07) is 2.00. The number of hydrogen-bond donors (Lipinski definition) is 0. The van der Waals surface area contributed by atoms with Crippen LogP contribution in [0.3, 0.4) is 0 Å². The minimum Gasteiger partial charge on any atom is -0.772 e. The molecule has 1 aliphatic carbocycles. The lowest BCUT2D eigenvalue weighted by atomic mass is 10.1. The lowest BCUT2D eigenvalue weighted by Crippen LogP contribution is -2.10. The van der Waals surface area contributed by atoms with Crippen LogP contribution in [0, 0.1) is 16.7 Å². The van der Waals surface area contributed by atoms with Gasteiger partial charge in [0.25, 0.3) is 0 Å². The predicted octanol–water partition coefficient (Wildman–Crippen LogP) is 0.559. The third-order valence-electron chi connectivity index (χ3n) is 1.84. The zero-order chi connectivity index (χ0) is 7.61. The number of hydrogen-bond acceptors (Lipinski definition) is 3. The molecule has 1 saturated carbocycles. The van der Waals surface area contributed by atoms with Crippen LogP contribution in [0.25, 0.3) is 0 Å². The highest BCUT2D eigenvalue weighted by molar-refractivity contribution is 7.79. The van der Waals surface area contributed by atoms with Crippen molar-refractivity contribution in [3.63, 3.8) is 0 Å². The van der Waals surface area contributed by atoms with Crippen molar-refractivity contribution in [1.29, 1.82) is 5.26 Å². The van der Waals surface area contributed by atoms with Gasteiger partial charge < -0.3 is 4.55 Å². The van der Waals surface area contributed by atoms with E-state index in [0.717, 1.165) is 12.8 Å². The highest BCUT2D eigenvalue weighted by Crippen LogP contribution is 2.48. The first-order valence-electron chi connectivity index (χ1n) is 3.11. The van der Waals surface area contributed by atoms with E-state index in [0.29, 0.717) is 6.42 Å². The van der Waals surface area contributed by atoms with Crippen molar-refractivity contribution in [3.8, 4) is 6.07 Å². The number of nitrogens with zero attached hydrogens (tertiary/aromatic N) is 1. The van der Waals surface area contributed by atoms with Gasteiger partial charge in [-0.2, -0.15) is 5.26 Å². The number of nitriles is 1. The van der Waals surface area contributed by atoms with Gasteiger partial charge in [-0.1, -0.05) is 11.1 Å². The fourth-order valence-electron chi connectivity index (χ4n) is 0.967. The zero-order valence-corrected chi connectivity index (χ0v) is 6.32. The van der Waals surface area contributed by atoms with Crippen LogP contribution in [0.4, 0.5) is 0 Å². The first-order valence-corrected chi connectivity index (χ1v) is 4.36. The molecule has 0 aliphatic heterocycles. The summed E-state index contributed by atoms with van der Waals surface area (Å²) in [5.41, 5.74) is -0.151. The van der Waals surface area contributed by atoms with Gasteiger partial charge in [0.2, 0.25) is 0 Å². The van der Waals surface area contributed by atoms with Crippen LogP contribution in [-0.2, 0) is 11.1 Å². The molecule has 1 unspecified atom stereocenters. The van der Waals surface area contributed by atoms with Gasteiger partial charge in [0.15, 0.2) is 0 Å². The minimum absolute atomic E-state index is 0.151. The van der Waals surface area contributed by atoms with Crippen LogP contribution in [0.1, 0.15) is 19.3 Å². The Labute approximate surface area is 62.3 Å². The van der Waals surface area contributed by atoms with Crippen LogP contribution in [0.2, 0.25) is 0 Å². The van der Waals surface area contributed by atoms with E-state index in [4.69, 9.17) is 5.26 Å². The molecule has 0 amide bonds. The SMILES string of the molecule is N#CCC1(CS(=O)[O-])CC1. The van der Waals surface area contributed by atoms with E-state index in [1.807, 2.05) is 6.07 Å². The maximum atomic E-state index is 10.2. The standard InChI is InChI=1S/C6H9NO2S/c7-4-3-6(1-2-6)5-10(8)9/h1-3,5H2,(H,8,9)/p-1. The van der Waals surface area contributed by atoms with E-state index in [9.17, 15) is 8.76 Å². The second kappa shape index (κ2) is 2.69. The van der Waals surface area contributed by atoms with Crippen LogP contribution < -0.4 is 0 Å². The van der Waals surface area contributed by atoms with E-state index in [-0.39, 0.29) is 11.2 Å². The smallest absolute Gasteiger partial charge is 0.0627 e. The lowest BCUT2D eigenvalue weighted by molar-refractivity contribution is 0.507. The van der Waals surface area contributed by atoms with Crippen LogP contribution >= 0.6 is 0 Å². The van der Waals surface area contributed by atoms with Crippen molar-refractivity contribution < 1.29 is 8.76 Å². The van der Waals surface area contributed by atoms with Crippen LogP contribution in [0.5, 0.6) is 0 Å². The molecule has 10 heavy (non-hydrogen) atoms. The predicted molar refractivity (Wildman–Crippen MR) is 35.7 cm³/mol. The quantitative estimate of drug-likeness (QED) is 0.564. The third-order valence-corrected chi connectivity index (χ3v) is 2.68. The first kappa shape index (κ1) is 7.70. The lowest BCUT2D eigenvalue weighted by Gasteiger charge is -2.11. The molecule has 1 atom stereocenters. The number of rotatable bonds is 3. The van der Waals surface area contributed by atoms with Gasteiger partial charge >= 0.3 is 0 Å². The second-order valence-electron chi connectivity index (χ2n) is 2.78. The molecule has 56 valence electrons. The van der Waals surface area contributed by atoms with Gasteiger partial charge in [-0.05, 0) is 18.3 Å². The fourth-order valence-corrected chi connectivity index (χ4v) is 1.86. The minimum atomic E-state index is -1.98. The average Bonchev–Trinajstić information content (AvgIpc) is 2.47. The first-order chi connectivity index (χ1) is 4.68. The molecule has 0 aromatic carbocycles. The molecule has 1 fully saturated rings. The summed E-state index contributed by atoms with van der Waals surface area (Å²) in [7, 11) is 0. The Balaban J connectivity index is 2.39. The molecule has 1 rings (SSSR count). The monoisotopic (exact) mass is 158 g/mol. The van der Waals surface area contributed by atoms with Gasteiger partial charge in [0.1, 0.15) is 0 Å². The summed E-state index contributed by atoms with van der Waals surface area (Å²) in [4.78, 5) is 0. The highest BCUT2D eigenvalue weighted by atomic mass is 32.2. The van der Waals surface area contributed by atoms with E-state index >= 15 is 0 Å². The molecule has 0 radical (unpaired) electrons. The zero-order valence-electron chi connectivity index (χ0n) is 5.50. The Kier molecular flexibility index (Phi) is 2.07. The summed E-state index contributed by atoms with van der Waals surface area (Å²) in [5.74, 6) is 0.167. The normalized spacial score (nSPS) is 23.2. The summed E-state index contributed by atoms with van der Waals surface area (Å²) in [5, 5.41) is 8.30. The van der Waals surface area contributed by atoms with E-state index < -0.39 is 11.1 Å². The van der Waals surface area contributed by atoms with Crippen molar-refractivity contribution in [3.05, 3.63) is 0 Å². The second-order valence-corrected chi connectivity index (χ2v) is 3.68. The molecule has 3 nitrogen and oxygen atoms in total. The van der Waals surface area contributed by atoms with Crippen LogP contribution in [0.15, 0.2) is 0 Å². The molecule has 0 aromatic heterocycles. The molecule has 0 saturated heterocycles. The molecular weight excluding hydrogens is 150 g/mol. The van der Waals surface area contributed by atoms with Gasteiger partial charge in [-0.15, -0.1) is 0 Å². The van der Waals surface area contributed by atoms with Crippen molar-refractivity contribution in [2.24, 2.45) is 5.41 Å². The molecule has 0 N–H and O–H groups in total. The van der Waals surface area contributed by atoms with E-state index in [1.54, 1.807) is 0 Å². The maximum Gasteiger partial charge on any atom is 0.0627 e. The van der Waals surface area contributed by atoms with Crippen molar-refractivity contribution in [1.82, 2.24) is 0 Å². The van der Waals surface area contributed by atoms with Gasteiger partial charge in [-0.25, -0.2) is 0 Å². The molecule has 0 spiro atoms. The van der Waals surface area contributed by atoms with Crippen LogP contribution in [-0.4, -0.2) is 14.5 Å². The Morgan fingerprint density at radius 1 is 1.70 bits per heavy atom. The van der Waals surface area contributed by atoms with E-state index in [1.165, 1.54) is 0 Å². The molecular formula is C6H8NO2S-. The van der Waals surface area contributed by atoms with Gasteiger partial charge in [-0.3, -0.25) is 4.21 Å². The van der Waals surface area contributed by atoms with Crippen molar-refractivity contribution in [2.45, 2.75) is 19.3 Å². The Morgan fingerprint density at radius 2 is 2.30 bits per heavy atom. The third kappa shape index (κ3) is 1.79.